The van der Waals surface area contributed by atoms with E-state index >= 15 is 0 Å². The van der Waals surface area contributed by atoms with E-state index in [0.29, 0.717) is 31.3 Å². The van der Waals surface area contributed by atoms with Crippen LogP contribution in [0.15, 0.2) is 34.5 Å². The molecular formula is C25H33N3O3. The molecule has 6 heteroatoms. The molecule has 5 heterocycles. The molecule has 31 heavy (non-hydrogen) atoms. The Morgan fingerprint density at radius 2 is 2.10 bits per heavy atom. The van der Waals surface area contributed by atoms with Crippen molar-refractivity contribution in [3.05, 3.63) is 35.8 Å². The van der Waals surface area contributed by atoms with Crippen LogP contribution in [0.1, 0.15) is 50.7 Å². The molecule has 1 aromatic rings. The van der Waals surface area contributed by atoms with Crippen LogP contribution in [0.2, 0.25) is 0 Å². The van der Waals surface area contributed by atoms with E-state index in [0.717, 1.165) is 37.7 Å². The van der Waals surface area contributed by atoms with Crippen LogP contribution >= 0.6 is 0 Å². The summed E-state index contributed by atoms with van der Waals surface area (Å²) in [6, 6.07) is 4.72. The van der Waals surface area contributed by atoms with Crippen molar-refractivity contribution >= 4 is 11.8 Å². The Bertz CT molecular complexity index is 879. The van der Waals surface area contributed by atoms with Crippen LogP contribution < -0.4 is 0 Å². The second-order valence-corrected chi connectivity index (χ2v) is 10.3. The standard InChI is InChI=1S/C25H33N3O3/c29-23-13-20(15-27(23)16-21-6-4-10-31-21)25(30)28-9-3-5-17-11-18-12-19(24(17)28)14-26-8-2-1-7-22(18)26/h4,6,10-11,18-20,22,24H,1-3,5,7-9,12-16H2/t18-,19+,20+,22-,24+/m1/s1. The van der Waals surface area contributed by atoms with E-state index in [1.807, 2.05) is 12.1 Å². The highest BCUT2D eigenvalue weighted by molar-refractivity contribution is 5.89. The van der Waals surface area contributed by atoms with Gasteiger partial charge in [0.15, 0.2) is 0 Å². The van der Waals surface area contributed by atoms with E-state index in [9.17, 15) is 9.59 Å². The molecule has 5 atom stereocenters. The quantitative estimate of drug-likeness (QED) is 0.702. The van der Waals surface area contributed by atoms with Gasteiger partial charge >= 0.3 is 0 Å². The fraction of sp³-hybridized carbons (Fsp3) is 0.680. The molecule has 0 unspecified atom stereocenters. The molecule has 166 valence electrons. The maximum atomic E-state index is 13.7. The van der Waals surface area contributed by atoms with Crippen molar-refractivity contribution in [3.8, 4) is 0 Å². The predicted octanol–water partition coefficient (Wildman–Crippen LogP) is 3.05. The van der Waals surface area contributed by atoms with Crippen LogP contribution in [0, 0.1) is 17.8 Å². The third-order valence-corrected chi connectivity index (χ3v) is 8.43. The van der Waals surface area contributed by atoms with Gasteiger partial charge in [0.1, 0.15) is 5.76 Å². The van der Waals surface area contributed by atoms with E-state index < -0.39 is 0 Å². The molecule has 4 fully saturated rings. The largest absolute Gasteiger partial charge is 0.467 e. The van der Waals surface area contributed by atoms with Crippen molar-refractivity contribution in [1.82, 2.24) is 14.7 Å². The van der Waals surface area contributed by atoms with Crippen LogP contribution in [-0.2, 0) is 16.1 Å². The second kappa shape index (κ2) is 7.80. The summed E-state index contributed by atoms with van der Waals surface area (Å²) in [6.07, 6.45) is 12.0. The molecule has 0 saturated carbocycles. The number of hydrogen-bond donors (Lipinski definition) is 0. The molecule has 0 radical (unpaired) electrons. The molecule has 0 spiro atoms. The Kier molecular flexibility index (Phi) is 4.93. The first-order valence-corrected chi connectivity index (χ1v) is 12.2. The van der Waals surface area contributed by atoms with Gasteiger partial charge in [-0.05, 0) is 62.6 Å². The average molecular weight is 424 g/mol. The second-order valence-electron chi connectivity index (χ2n) is 10.3. The average Bonchev–Trinajstić information content (AvgIpc) is 3.43. The minimum atomic E-state index is -0.217. The number of furan rings is 1. The number of nitrogens with zero attached hydrogens (tertiary/aromatic N) is 3. The van der Waals surface area contributed by atoms with E-state index in [4.69, 9.17) is 4.42 Å². The molecule has 4 aliphatic heterocycles. The van der Waals surface area contributed by atoms with Crippen LogP contribution in [0.4, 0.5) is 0 Å². The van der Waals surface area contributed by atoms with Crippen molar-refractivity contribution in [2.75, 3.05) is 26.2 Å². The monoisotopic (exact) mass is 423 g/mol. The molecule has 2 amide bonds. The number of likely N-dealkylation sites (tertiary alicyclic amines) is 2. The zero-order valence-corrected chi connectivity index (χ0v) is 18.2. The van der Waals surface area contributed by atoms with Crippen LogP contribution in [0.25, 0.3) is 0 Å². The Labute approximate surface area is 184 Å². The summed E-state index contributed by atoms with van der Waals surface area (Å²) in [5.74, 6) is 2.06. The summed E-state index contributed by atoms with van der Waals surface area (Å²) in [4.78, 5) is 33.0. The lowest BCUT2D eigenvalue weighted by atomic mass is 9.68. The number of rotatable bonds is 3. The van der Waals surface area contributed by atoms with Gasteiger partial charge in [0.25, 0.3) is 0 Å². The molecular weight excluding hydrogens is 390 g/mol. The first-order valence-electron chi connectivity index (χ1n) is 12.2. The third-order valence-electron chi connectivity index (χ3n) is 8.43. The van der Waals surface area contributed by atoms with Crippen LogP contribution in [0.5, 0.6) is 0 Å². The lowest BCUT2D eigenvalue weighted by Gasteiger charge is -2.55. The smallest absolute Gasteiger partial charge is 0.228 e. The minimum absolute atomic E-state index is 0.0695. The van der Waals surface area contributed by atoms with Gasteiger partial charge in [0, 0.05) is 32.1 Å². The maximum Gasteiger partial charge on any atom is 0.228 e. The molecule has 1 aliphatic carbocycles. The van der Waals surface area contributed by atoms with Gasteiger partial charge in [0.2, 0.25) is 11.8 Å². The SMILES string of the molecule is O=C1C[C@H](C(=O)N2CCCC3=C[C@@H]4C[C@@H](CN5CCCC[C@H]45)[C@H]32)CN1Cc1ccco1. The van der Waals surface area contributed by atoms with Gasteiger partial charge in [-0.1, -0.05) is 18.1 Å². The summed E-state index contributed by atoms with van der Waals surface area (Å²) in [5, 5.41) is 0. The number of piperidine rings is 3. The number of hydrogen-bond acceptors (Lipinski definition) is 4. The fourth-order valence-corrected chi connectivity index (χ4v) is 7.14. The fourth-order valence-electron chi connectivity index (χ4n) is 7.14. The van der Waals surface area contributed by atoms with Crippen molar-refractivity contribution in [2.24, 2.45) is 17.8 Å². The molecule has 1 aromatic heterocycles. The Morgan fingerprint density at radius 1 is 1.16 bits per heavy atom. The Balaban J connectivity index is 1.20. The van der Waals surface area contributed by atoms with Gasteiger partial charge in [-0.25, -0.2) is 0 Å². The zero-order chi connectivity index (χ0) is 20.9. The molecule has 4 saturated heterocycles. The highest BCUT2D eigenvalue weighted by Gasteiger charge is 2.48. The van der Waals surface area contributed by atoms with Crippen LogP contribution in [-0.4, -0.2) is 64.8 Å². The lowest BCUT2D eigenvalue weighted by molar-refractivity contribution is -0.140. The highest BCUT2D eigenvalue weighted by Crippen LogP contribution is 2.45. The molecule has 6 nitrogen and oxygen atoms in total. The van der Waals surface area contributed by atoms with Gasteiger partial charge in [-0.15, -0.1) is 0 Å². The van der Waals surface area contributed by atoms with E-state index in [2.05, 4.69) is 15.9 Å². The number of carbonyl (C=O) groups excluding carboxylic acids is 2. The van der Waals surface area contributed by atoms with Crippen molar-refractivity contribution in [3.63, 3.8) is 0 Å². The normalized spacial score (nSPS) is 35.5. The maximum absolute atomic E-state index is 13.7. The van der Waals surface area contributed by atoms with Crippen molar-refractivity contribution < 1.29 is 14.0 Å². The Morgan fingerprint density at radius 3 is 2.97 bits per heavy atom. The van der Waals surface area contributed by atoms with Gasteiger partial charge < -0.3 is 14.2 Å². The Hall–Kier alpha value is -2.08. The number of amides is 2. The van der Waals surface area contributed by atoms with E-state index in [1.165, 1.54) is 37.8 Å². The first-order chi connectivity index (χ1) is 15.2. The number of carbonyl (C=O) groups is 2. The van der Waals surface area contributed by atoms with Crippen molar-refractivity contribution in [2.45, 2.75) is 63.6 Å². The molecule has 0 aromatic carbocycles. The van der Waals surface area contributed by atoms with Gasteiger partial charge in [-0.2, -0.15) is 0 Å². The molecule has 0 N–H and O–H groups in total. The molecule has 2 bridgehead atoms. The van der Waals surface area contributed by atoms with E-state index in [1.54, 1.807) is 11.2 Å². The third kappa shape index (κ3) is 3.43. The summed E-state index contributed by atoms with van der Waals surface area (Å²) in [6.45, 7) is 4.18. The molecule has 5 aliphatic rings. The highest BCUT2D eigenvalue weighted by atomic mass is 16.3. The minimum Gasteiger partial charge on any atom is -0.467 e. The summed E-state index contributed by atoms with van der Waals surface area (Å²) in [5.41, 5.74) is 1.52. The first kappa shape index (κ1) is 19.6. The number of fused-ring (bicyclic) bond motifs is 6. The summed E-state index contributed by atoms with van der Waals surface area (Å²) >= 11 is 0. The summed E-state index contributed by atoms with van der Waals surface area (Å²) < 4.78 is 5.41. The van der Waals surface area contributed by atoms with Gasteiger partial charge in [0.05, 0.1) is 24.8 Å². The predicted molar refractivity (Wildman–Crippen MR) is 116 cm³/mol. The lowest BCUT2D eigenvalue weighted by Crippen LogP contribution is -2.60. The van der Waals surface area contributed by atoms with Crippen molar-refractivity contribution in [1.29, 1.82) is 0 Å². The topological polar surface area (TPSA) is 57.0 Å². The van der Waals surface area contributed by atoms with Gasteiger partial charge in [-0.3, -0.25) is 14.5 Å². The van der Waals surface area contributed by atoms with E-state index in [-0.39, 0.29) is 23.8 Å². The van der Waals surface area contributed by atoms with Crippen LogP contribution in [0.3, 0.4) is 0 Å². The molecule has 6 rings (SSSR count). The zero-order valence-electron chi connectivity index (χ0n) is 18.2. The summed E-state index contributed by atoms with van der Waals surface area (Å²) in [7, 11) is 0.